The number of aryl methyl sites for hydroxylation is 1. The smallest absolute Gasteiger partial charge is 0.240 e. The summed E-state index contributed by atoms with van der Waals surface area (Å²) in [6.45, 7) is 1.81. The van der Waals surface area contributed by atoms with Gasteiger partial charge in [-0.1, -0.05) is 59.8 Å². The predicted octanol–water partition coefficient (Wildman–Crippen LogP) is 4.93. The first-order chi connectivity index (χ1) is 14.4. The van der Waals surface area contributed by atoms with E-state index in [0.29, 0.717) is 17.0 Å². The third kappa shape index (κ3) is 4.17. The number of rotatable bonds is 6. The quantitative estimate of drug-likeness (QED) is 0.478. The Labute approximate surface area is 174 Å². The van der Waals surface area contributed by atoms with Crippen LogP contribution in [0.5, 0.6) is 0 Å². The summed E-state index contributed by atoms with van der Waals surface area (Å²) in [5, 5.41) is 4.07. The molecular formula is C23H19FN2O3S. The molecule has 3 aromatic carbocycles. The average molecular weight is 422 g/mol. The van der Waals surface area contributed by atoms with Crippen LogP contribution in [0.25, 0.3) is 22.4 Å². The van der Waals surface area contributed by atoms with E-state index in [1.807, 2.05) is 30.3 Å². The molecule has 0 saturated carbocycles. The van der Waals surface area contributed by atoms with Gasteiger partial charge in [0.2, 0.25) is 10.0 Å². The van der Waals surface area contributed by atoms with Crippen LogP contribution in [0.1, 0.15) is 11.3 Å². The van der Waals surface area contributed by atoms with E-state index in [1.54, 1.807) is 31.2 Å². The van der Waals surface area contributed by atoms with Crippen molar-refractivity contribution in [2.24, 2.45) is 0 Å². The van der Waals surface area contributed by atoms with Gasteiger partial charge < -0.3 is 4.52 Å². The number of aromatic nitrogens is 1. The van der Waals surface area contributed by atoms with Crippen LogP contribution < -0.4 is 4.72 Å². The van der Waals surface area contributed by atoms with E-state index in [9.17, 15) is 12.8 Å². The summed E-state index contributed by atoms with van der Waals surface area (Å²) in [4.78, 5) is 0.142. The highest BCUT2D eigenvalue weighted by molar-refractivity contribution is 7.89. The molecule has 0 atom stereocenters. The third-order valence-electron chi connectivity index (χ3n) is 4.81. The van der Waals surface area contributed by atoms with E-state index in [0.717, 1.165) is 16.7 Å². The normalized spacial score (nSPS) is 11.5. The van der Waals surface area contributed by atoms with Crippen molar-refractivity contribution in [1.82, 2.24) is 9.88 Å². The fraction of sp³-hybridized carbons (Fsp3) is 0.0870. The Morgan fingerprint density at radius 1 is 0.867 bits per heavy atom. The Kier molecular flexibility index (Phi) is 5.48. The minimum absolute atomic E-state index is 0.0572. The van der Waals surface area contributed by atoms with Gasteiger partial charge in [0.05, 0.1) is 4.90 Å². The average Bonchev–Trinajstić information content (AvgIpc) is 3.14. The lowest BCUT2D eigenvalue weighted by atomic mass is 10.1. The number of sulfonamides is 1. The largest absolute Gasteiger partial charge is 0.361 e. The van der Waals surface area contributed by atoms with Gasteiger partial charge in [0.25, 0.3) is 0 Å². The maximum Gasteiger partial charge on any atom is 0.240 e. The summed E-state index contributed by atoms with van der Waals surface area (Å²) in [7, 11) is -3.74. The van der Waals surface area contributed by atoms with Crippen LogP contribution in [0, 0.1) is 12.7 Å². The number of hydrogen-bond acceptors (Lipinski definition) is 4. The summed E-state index contributed by atoms with van der Waals surface area (Å²) in [6, 6.07) is 21.9. The monoisotopic (exact) mass is 422 g/mol. The molecule has 0 radical (unpaired) electrons. The Morgan fingerprint density at radius 3 is 2.10 bits per heavy atom. The molecule has 0 fully saturated rings. The zero-order valence-corrected chi connectivity index (χ0v) is 17.0. The fourth-order valence-electron chi connectivity index (χ4n) is 3.14. The maximum absolute atomic E-state index is 13.1. The SMILES string of the molecule is Cc1onc(-c2ccccc2)c1CNS(=O)(=O)c1ccc(-c2ccc(F)cc2)cc1. The summed E-state index contributed by atoms with van der Waals surface area (Å²) < 4.78 is 46.5. The molecule has 30 heavy (non-hydrogen) atoms. The van der Waals surface area contributed by atoms with E-state index in [1.165, 1.54) is 24.3 Å². The van der Waals surface area contributed by atoms with Crippen molar-refractivity contribution in [2.45, 2.75) is 18.4 Å². The predicted molar refractivity (Wildman–Crippen MR) is 113 cm³/mol. The molecule has 0 spiro atoms. The van der Waals surface area contributed by atoms with Crippen molar-refractivity contribution in [3.8, 4) is 22.4 Å². The standard InChI is InChI=1S/C23H19FN2O3S/c1-16-22(23(26-29-16)19-5-3-2-4-6-19)15-25-30(27,28)21-13-9-18(10-14-21)17-7-11-20(24)12-8-17/h2-14,25H,15H2,1H3. The molecule has 0 aliphatic heterocycles. The van der Waals surface area contributed by atoms with Crippen molar-refractivity contribution in [1.29, 1.82) is 0 Å². The maximum atomic E-state index is 13.1. The molecule has 0 saturated heterocycles. The van der Waals surface area contributed by atoms with Gasteiger partial charge >= 0.3 is 0 Å². The Hall–Kier alpha value is -3.29. The zero-order chi connectivity index (χ0) is 21.1. The first-order valence-electron chi connectivity index (χ1n) is 9.30. The van der Waals surface area contributed by atoms with Crippen molar-refractivity contribution >= 4 is 10.0 Å². The molecule has 0 aliphatic rings. The second-order valence-electron chi connectivity index (χ2n) is 6.79. The van der Waals surface area contributed by atoms with Gasteiger partial charge in [-0.15, -0.1) is 0 Å². The summed E-state index contributed by atoms with van der Waals surface area (Å²) in [5.74, 6) is 0.240. The summed E-state index contributed by atoms with van der Waals surface area (Å²) in [5.41, 5.74) is 3.76. The van der Waals surface area contributed by atoms with Crippen molar-refractivity contribution < 1.29 is 17.3 Å². The molecule has 5 nitrogen and oxygen atoms in total. The lowest BCUT2D eigenvalue weighted by Crippen LogP contribution is -2.23. The number of nitrogens with one attached hydrogen (secondary N) is 1. The molecule has 1 aromatic heterocycles. The van der Waals surface area contributed by atoms with Gasteiger partial charge in [0.15, 0.2) is 0 Å². The van der Waals surface area contributed by atoms with E-state index in [2.05, 4.69) is 9.88 Å². The van der Waals surface area contributed by atoms with Gasteiger partial charge in [0, 0.05) is 17.7 Å². The van der Waals surface area contributed by atoms with Gasteiger partial charge in [-0.05, 0) is 42.3 Å². The minimum atomic E-state index is -3.74. The Bertz CT molecular complexity index is 1250. The molecule has 7 heteroatoms. The Morgan fingerprint density at radius 2 is 1.47 bits per heavy atom. The van der Waals surface area contributed by atoms with Gasteiger partial charge in [0.1, 0.15) is 17.3 Å². The first-order valence-corrected chi connectivity index (χ1v) is 10.8. The molecule has 1 heterocycles. The van der Waals surface area contributed by atoms with Crippen LogP contribution in [-0.2, 0) is 16.6 Å². The van der Waals surface area contributed by atoms with Crippen LogP contribution >= 0.6 is 0 Å². The molecule has 152 valence electrons. The third-order valence-corrected chi connectivity index (χ3v) is 6.23. The van der Waals surface area contributed by atoms with Crippen LogP contribution in [0.15, 0.2) is 88.3 Å². The number of benzene rings is 3. The minimum Gasteiger partial charge on any atom is -0.361 e. The van der Waals surface area contributed by atoms with E-state index >= 15 is 0 Å². The summed E-state index contributed by atoms with van der Waals surface area (Å²) >= 11 is 0. The number of hydrogen-bond donors (Lipinski definition) is 1. The van der Waals surface area contributed by atoms with Crippen molar-refractivity contribution in [3.63, 3.8) is 0 Å². The van der Waals surface area contributed by atoms with E-state index < -0.39 is 10.0 Å². The topological polar surface area (TPSA) is 72.2 Å². The van der Waals surface area contributed by atoms with E-state index in [-0.39, 0.29) is 17.3 Å². The number of halogens is 1. The fourth-order valence-corrected chi connectivity index (χ4v) is 4.14. The molecule has 0 amide bonds. The summed E-state index contributed by atoms with van der Waals surface area (Å²) in [6.07, 6.45) is 0. The highest BCUT2D eigenvalue weighted by Gasteiger charge is 2.19. The first kappa shape index (κ1) is 20.0. The lowest BCUT2D eigenvalue weighted by molar-refractivity contribution is 0.398. The molecular weight excluding hydrogens is 403 g/mol. The van der Waals surface area contributed by atoms with Crippen LogP contribution in [-0.4, -0.2) is 13.6 Å². The van der Waals surface area contributed by atoms with Crippen LogP contribution in [0.2, 0.25) is 0 Å². The van der Waals surface area contributed by atoms with Crippen LogP contribution in [0.3, 0.4) is 0 Å². The second kappa shape index (κ2) is 8.22. The van der Waals surface area contributed by atoms with Crippen molar-refractivity contribution in [3.05, 3.63) is 96.0 Å². The van der Waals surface area contributed by atoms with Crippen LogP contribution in [0.4, 0.5) is 4.39 Å². The molecule has 4 aromatic rings. The molecule has 1 N–H and O–H groups in total. The van der Waals surface area contributed by atoms with Gasteiger partial charge in [-0.3, -0.25) is 0 Å². The Balaban J connectivity index is 1.53. The number of nitrogens with zero attached hydrogens (tertiary/aromatic N) is 1. The van der Waals surface area contributed by atoms with Gasteiger partial charge in [-0.25, -0.2) is 17.5 Å². The molecule has 0 aliphatic carbocycles. The zero-order valence-electron chi connectivity index (χ0n) is 16.2. The highest BCUT2D eigenvalue weighted by Crippen LogP contribution is 2.26. The molecule has 4 rings (SSSR count). The lowest BCUT2D eigenvalue weighted by Gasteiger charge is -2.09. The molecule has 0 bridgehead atoms. The second-order valence-corrected chi connectivity index (χ2v) is 8.55. The molecule has 0 unspecified atom stereocenters. The highest BCUT2D eigenvalue weighted by atomic mass is 32.2. The van der Waals surface area contributed by atoms with Gasteiger partial charge in [-0.2, -0.15) is 0 Å². The van der Waals surface area contributed by atoms with Crippen molar-refractivity contribution in [2.75, 3.05) is 0 Å². The van der Waals surface area contributed by atoms with E-state index in [4.69, 9.17) is 4.52 Å².